The van der Waals surface area contributed by atoms with Crippen molar-refractivity contribution in [2.24, 2.45) is 0 Å². The number of aliphatic carboxylic acids is 1. The van der Waals surface area contributed by atoms with Gasteiger partial charge in [0, 0.05) is 6.61 Å². The average molecular weight is 241 g/mol. The molecule has 1 heterocycles. The van der Waals surface area contributed by atoms with Gasteiger partial charge in [-0.25, -0.2) is 4.79 Å². The molecule has 0 saturated carbocycles. The molecule has 1 amide bonds. The summed E-state index contributed by atoms with van der Waals surface area (Å²) >= 11 is 0. The fraction of sp³-hybridized carbons (Fsp3) is 0.667. The zero-order valence-electron chi connectivity index (χ0n) is 10.2. The number of carboxylic acid groups (broad SMARTS) is 1. The molecular formula is C12H19NO4. The fourth-order valence-electron chi connectivity index (χ4n) is 1.62. The van der Waals surface area contributed by atoms with Gasteiger partial charge in [-0.05, 0) is 33.1 Å². The number of nitrogens with one attached hydrogen (secondary N) is 1. The molecule has 1 aliphatic heterocycles. The summed E-state index contributed by atoms with van der Waals surface area (Å²) in [7, 11) is 0. The molecule has 0 spiro atoms. The zero-order chi connectivity index (χ0) is 12.8. The lowest BCUT2D eigenvalue weighted by Crippen LogP contribution is -2.45. The van der Waals surface area contributed by atoms with E-state index in [1.54, 1.807) is 6.08 Å². The molecule has 17 heavy (non-hydrogen) atoms. The number of amides is 1. The summed E-state index contributed by atoms with van der Waals surface area (Å²) in [4.78, 5) is 22.7. The molecule has 96 valence electrons. The van der Waals surface area contributed by atoms with Gasteiger partial charge in [0.1, 0.15) is 12.1 Å². The van der Waals surface area contributed by atoms with Crippen LogP contribution in [-0.4, -0.2) is 35.7 Å². The molecule has 5 heteroatoms. The molecule has 5 nitrogen and oxygen atoms in total. The third-order valence-electron chi connectivity index (χ3n) is 2.60. The predicted molar refractivity (Wildman–Crippen MR) is 62.6 cm³/mol. The number of ether oxygens (including phenoxy) is 1. The zero-order valence-corrected chi connectivity index (χ0v) is 10.2. The highest BCUT2D eigenvalue weighted by Crippen LogP contribution is 2.12. The molecule has 0 aromatic carbocycles. The van der Waals surface area contributed by atoms with Crippen LogP contribution in [0.5, 0.6) is 0 Å². The third-order valence-corrected chi connectivity index (χ3v) is 2.60. The Balaban J connectivity index is 2.51. The van der Waals surface area contributed by atoms with Gasteiger partial charge >= 0.3 is 5.97 Å². The van der Waals surface area contributed by atoms with Crippen molar-refractivity contribution < 1.29 is 19.4 Å². The van der Waals surface area contributed by atoms with Crippen molar-refractivity contribution in [2.75, 3.05) is 6.61 Å². The minimum atomic E-state index is -1.02. The summed E-state index contributed by atoms with van der Waals surface area (Å²) in [6.07, 6.45) is 3.14. The van der Waals surface area contributed by atoms with Crippen LogP contribution in [0.3, 0.4) is 0 Å². The number of carboxylic acids is 1. The van der Waals surface area contributed by atoms with Crippen LogP contribution >= 0.6 is 0 Å². The van der Waals surface area contributed by atoms with Crippen LogP contribution in [0.25, 0.3) is 0 Å². The van der Waals surface area contributed by atoms with Crippen LogP contribution in [-0.2, 0) is 14.3 Å². The summed E-state index contributed by atoms with van der Waals surface area (Å²) in [5.74, 6) is -1.34. The maximum absolute atomic E-state index is 11.7. The summed E-state index contributed by atoms with van der Waals surface area (Å²) < 4.78 is 5.20. The van der Waals surface area contributed by atoms with Crippen molar-refractivity contribution in [2.45, 2.75) is 45.3 Å². The summed E-state index contributed by atoms with van der Waals surface area (Å²) in [5, 5.41) is 11.5. The lowest BCUT2D eigenvalue weighted by atomic mass is 10.1. The summed E-state index contributed by atoms with van der Waals surface area (Å²) in [6, 6.07) is -0.874. The van der Waals surface area contributed by atoms with Gasteiger partial charge in [-0.2, -0.15) is 0 Å². The molecular weight excluding hydrogens is 222 g/mol. The first kappa shape index (κ1) is 13.7. The minimum absolute atomic E-state index is 0.302. The Morgan fingerprint density at radius 2 is 2.24 bits per heavy atom. The largest absolute Gasteiger partial charge is 0.480 e. The second-order valence-electron chi connectivity index (χ2n) is 4.42. The molecule has 0 radical (unpaired) electrons. The van der Waals surface area contributed by atoms with E-state index in [2.05, 4.69) is 5.32 Å². The SMILES string of the molecule is CC(C)=CC[C@@H](NC(=O)[C@@H]1CCCO1)C(=O)O. The van der Waals surface area contributed by atoms with Gasteiger partial charge in [0.25, 0.3) is 0 Å². The molecule has 1 rings (SSSR count). The van der Waals surface area contributed by atoms with E-state index in [1.807, 2.05) is 13.8 Å². The van der Waals surface area contributed by atoms with E-state index >= 15 is 0 Å². The van der Waals surface area contributed by atoms with Crippen LogP contribution < -0.4 is 5.32 Å². The van der Waals surface area contributed by atoms with Crippen molar-refractivity contribution >= 4 is 11.9 Å². The highest BCUT2D eigenvalue weighted by atomic mass is 16.5. The van der Waals surface area contributed by atoms with Crippen LogP contribution in [0.4, 0.5) is 0 Å². The fourth-order valence-corrected chi connectivity index (χ4v) is 1.62. The van der Waals surface area contributed by atoms with E-state index < -0.39 is 18.1 Å². The number of carbonyl (C=O) groups excluding carboxylic acids is 1. The van der Waals surface area contributed by atoms with Gasteiger partial charge in [0.05, 0.1) is 0 Å². The topological polar surface area (TPSA) is 75.6 Å². The Kier molecular flexibility index (Phi) is 5.15. The lowest BCUT2D eigenvalue weighted by molar-refractivity contribution is -0.143. The van der Waals surface area contributed by atoms with E-state index in [0.717, 1.165) is 12.0 Å². The number of hydrogen-bond acceptors (Lipinski definition) is 3. The molecule has 2 N–H and O–H groups in total. The first-order chi connectivity index (χ1) is 8.00. The maximum Gasteiger partial charge on any atom is 0.326 e. The molecule has 1 saturated heterocycles. The maximum atomic E-state index is 11.7. The van der Waals surface area contributed by atoms with Gasteiger partial charge < -0.3 is 15.2 Å². The Morgan fingerprint density at radius 1 is 1.53 bits per heavy atom. The van der Waals surface area contributed by atoms with Gasteiger partial charge in [-0.3, -0.25) is 4.79 Å². The van der Waals surface area contributed by atoms with Crippen molar-refractivity contribution in [3.8, 4) is 0 Å². The van der Waals surface area contributed by atoms with Crippen molar-refractivity contribution in [1.82, 2.24) is 5.32 Å². The van der Waals surface area contributed by atoms with E-state index in [0.29, 0.717) is 19.4 Å². The van der Waals surface area contributed by atoms with Crippen molar-refractivity contribution in [3.05, 3.63) is 11.6 Å². The van der Waals surface area contributed by atoms with E-state index in [4.69, 9.17) is 9.84 Å². The Hall–Kier alpha value is -1.36. The van der Waals surface area contributed by atoms with Crippen LogP contribution in [0, 0.1) is 0 Å². The van der Waals surface area contributed by atoms with Crippen LogP contribution in [0.15, 0.2) is 11.6 Å². The number of allylic oxidation sites excluding steroid dienone is 1. The molecule has 0 bridgehead atoms. The summed E-state index contributed by atoms with van der Waals surface area (Å²) in [6.45, 7) is 4.35. The Bertz CT molecular complexity index is 314. The first-order valence-corrected chi connectivity index (χ1v) is 5.79. The second kappa shape index (κ2) is 6.39. The van der Waals surface area contributed by atoms with Crippen molar-refractivity contribution in [3.63, 3.8) is 0 Å². The average Bonchev–Trinajstić information content (AvgIpc) is 2.76. The quantitative estimate of drug-likeness (QED) is 0.706. The number of rotatable bonds is 5. The van der Waals surface area contributed by atoms with Crippen molar-refractivity contribution in [1.29, 1.82) is 0 Å². The number of hydrogen-bond donors (Lipinski definition) is 2. The lowest BCUT2D eigenvalue weighted by Gasteiger charge is -2.15. The van der Waals surface area contributed by atoms with Gasteiger partial charge in [-0.1, -0.05) is 11.6 Å². The number of carbonyl (C=O) groups is 2. The Morgan fingerprint density at radius 3 is 2.71 bits per heavy atom. The normalized spacial score (nSPS) is 20.7. The molecule has 0 aromatic rings. The standard InChI is InChI=1S/C12H19NO4/c1-8(2)5-6-9(12(15)16)13-11(14)10-4-3-7-17-10/h5,9-10H,3-4,6-7H2,1-2H3,(H,13,14)(H,15,16)/t9-,10+/m1/s1. The van der Waals surface area contributed by atoms with Gasteiger partial charge in [0.15, 0.2) is 0 Å². The smallest absolute Gasteiger partial charge is 0.326 e. The van der Waals surface area contributed by atoms with Gasteiger partial charge in [0.2, 0.25) is 5.91 Å². The highest BCUT2D eigenvalue weighted by molar-refractivity contribution is 5.86. The highest BCUT2D eigenvalue weighted by Gasteiger charge is 2.27. The molecule has 1 fully saturated rings. The second-order valence-corrected chi connectivity index (χ2v) is 4.42. The van der Waals surface area contributed by atoms with Crippen LogP contribution in [0.2, 0.25) is 0 Å². The molecule has 1 aliphatic rings. The Labute approximate surface area is 101 Å². The third kappa shape index (κ3) is 4.56. The summed E-state index contributed by atoms with van der Waals surface area (Å²) in [5.41, 5.74) is 1.03. The molecule has 0 aliphatic carbocycles. The van der Waals surface area contributed by atoms with Gasteiger partial charge in [-0.15, -0.1) is 0 Å². The first-order valence-electron chi connectivity index (χ1n) is 5.79. The molecule has 2 atom stereocenters. The predicted octanol–water partition coefficient (Wildman–Crippen LogP) is 1.09. The molecule has 0 aromatic heterocycles. The van der Waals surface area contributed by atoms with E-state index in [-0.39, 0.29) is 5.91 Å². The minimum Gasteiger partial charge on any atom is -0.480 e. The van der Waals surface area contributed by atoms with Crippen LogP contribution in [0.1, 0.15) is 33.1 Å². The molecule has 0 unspecified atom stereocenters. The van der Waals surface area contributed by atoms with E-state index in [1.165, 1.54) is 0 Å². The monoisotopic (exact) mass is 241 g/mol. The van der Waals surface area contributed by atoms with E-state index in [9.17, 15) is 9.59 Å².